The second-order valence-electron chi connectivity index (χ2n) is 16.7. The highest BCUT2D eigenvalue weighted by atomic mass is 32.2. The van der Waals surface area contributed by atoms with Crippen LogP contribution in [0, 0.1) is 0 Å². The summed E-state index contributed by atoms with van der Waals surface area (Å²) in [6, 6.07) is 52.5. The lowest BCUT2D eigenvalue weighted by Gasteiger charge is -2.22. The summed E-state index contributed by atoms with van der Waals surface area (Å²) >= 11 is 5.98. The number of fused-ring (bicyclic) bond motifs is 8. The van der Waals surface area contributed by atoms with Crippen LogP contribution in [-0.2, 0) is 45.4 Å². The maximum atomic E-state index is 12.3. The van der Waals surface area contributed by atoms with Gasteiger partial charge in [0.05, 0.1) is 89.9 Å². The van der Waals surface area contributed by atoms with Crippen LogP contribution in [0.25, 0.3) is 0 Å². The van der Waals surface area contributed by atoms with Gasteiger partial charge in [0.15, 0.2) is 0 Å². The van der Waals surface area contributed by atoms with Crippen molar-refractivity contribution in [3.8, 4) is 23.0 Å². The standard InChI is InChI=1S/C60H48O12S4/c1-65-57(61)41-25-17-37(18-26-41)33-69-53-45-9-5-10-46(53)74-48-12-7-14-50(55(48)71-35-39-21-29-43(30-22-39)59(63)67-3)76-52-16-8-15-51(56(52)72-36-40-23-31-44(32-24-40)60(64)68-4)75-49-13-6-11-47(73-45)54(49)70-34-38-19-27-42(28-20-38)58(62)66-2/h5-32H,33-36H2,1-4H3. The summed E-state index contributed by atoms with van der Waals surface area (Å²) in [7, 11) is 5.40. The molecule has 9 rings (SSSR count). The Balaban J connectivity index is 1.16. The summed E-state index contributed by atoms with van der Waals surface area (Å²) in [4.78, 5) is 55.7. The summed E-state index contributed by atoms with van der Waals surface area (Å²) in [6.45, 7) is 0.726. The Bertz CT molecular complexity index is 2850. The normalized spacial score (nSPS) is 11.6. The number of benzene rings is 8. The van der Waals surface area contributed by atoms with Crippen LogP contribution in [0.3, 0.4) is 0 Å². The third-order valence-corrected chi connectivity index (χ3v) is 16.0. The van der Waals surface area contributed by atoms with Crippen molar-refractivity contribution in [1.82, 2.24) is 0 Å². The molecule has 0 fully saturated rings. The molecule has 8 bridgehead atoms. The molecule has 12 nitrogen and oxygen atoms in total. The van der Waals surface area contributed by atoms with E-state index in [-0.39, 0.29) is 26.4 Å². The molecule has 0 saturated heterocycles. The van der Waals surface area contributed by atoms with E-state index in [1.54, 1.807) is 48.5 Å². The summed E-state index contributed by atoms with van der Waals surface area (Å²) in [5, 5.41) is 0. The molecule has 0 aliphatic carbocycles. The fraction of sp³-hybridized carbons (Fsp3) is 0.133. The number of methoxy groups -OCH3 is 4. The van der Waals surface area contributed by atoms with Gasteiger partial charge in [-0.3, -0.25) is 0 Å². The molecule has 0 spiro atoms. The van der Waals surface area contributed by atoms with Gasteiger partial charge >= 0.3 is 23.9 Å². The molecule has 1 aliphatic rings. The van der Waals surface area contributed by atoms with Gasteiger partial charge in [0.1, 0.15) is 49.4 Å². The molecule has 0 atom stereocenters. The Labute approximate surface area is 456 Å². The van der Waals surface area contributed by atoms with Crippen molar-refractivity contribution in [2.45, 2.75) is 65.6 Å². The molecule has 1 heterocycles. The Morgan fingerprint density at radius 3 is 0.605 bits per heavy atom. The molecule has 0 saturated carbocycles. The lowest BCUT2D eigenvalue weighted by Crippen LogP contribution is -2.04. The first-order chi connectivity index (χ1) is 37.1. The zero-order chi connectivity index (χ0) is 53.0. The summed E-state index contributed by atoms with van der Waals surface area (Å²) in [5.41, 5.74) is 5.06. The van der Waals surface area contributed by atoms with E-state index >= 15 is 0 Å². The van der Waals surface area contributed by atoms with Gasteiger partial charge in [-0.2, -0.15) is 0 Å². The molecule has 8 aromatic rings. The first-order valence-electron chi connectivity index (χ1n) is 23.5. The van der Waals surface area contributed by atoms with Gasteiger partial charge in [0.25, 0.3) is 0 Å². The number of carbonyl (C=O) groups is 4. The average molecular weight is 1090 g/mol. The Morgan fingerprint density at radius 2 is 0.447 bits per heavy atom. The fourth-order valence-corrected chi connectivity index (χ4v) is 12.2. The number of hydrogen-bond acceptors (Lipinski definition) is 16. The van der Waals surface area contributed by atoms with Crippen LogP contribution < -0.4 is 18.9 Å². The molecule has 1 aliphatic heterocycles. The number of ether oxygens (including phenoxy) is 8. The highest BCUT2D eigenvalue weighted by Crippen LogP contribution is 2.54. The quantitative estimate of drug-likeness (QED) is 0.0668. The van der Waals surface area contributed by atoms with E-state index in [4.69, 9.17) is 37.9 Å². The number of esters is 4. The maximum Gasteiger partial charge on any atom is 0.337 e. The van der Waals surface area contributed by atoms with E-state index in [2.05, 4.69) is 0 Å². The molecule has 8 aromatic carbocycles. The molecule has 0 N–H and O–H groups in total. The molecule has 384 valence electrons. The lowest BCUT2D eigenvalue weighted by molar-refractivity contribution is 0.0592. The van der Waals surface area contributed by atoms with Gasteiger partial charge in [-0.25, -0.2) is 19.2 Å². The first kappa shape index (κ1) is 53.1. The molecule has 0 radical (unpaired) electrons. The second-order valence-corrected chi connectivity index (χ2v) is 21.0. The predicted octanol–water partition coefficient (Wildman–Crippen LogP) is 14.1. The van der Waals surface area contributed by atoms with Crippen molar-refractivity contribution in [3.63, 3.8) is 0 Å². The highest BCUT2D eigenvalue weighted by Gasteiger charge is 2.24. The van der Waals surface area contributed by atoms with Crippen molar-refractivity contribution in [2.75, 3.05) is 28.4 Å². The molecule has 0 amide bonds. The van der Waals surface area contributed by atoms with Crippen LogP contribution in [0.1, 0.15) is 63.7 Å². The first-order valence-corrected chi connectivity index (χ1v) is 26.8. The fourth-order valence-electron chi connectivity index (χ4n) is 7.71. The molecular weight excluding hydrogens is 1040 g/mol. The average Bonchev–Trinajstić information content (AvgIpc) is 3.46. The Morgan fingerprint density at radius 1 is 0.276 bits per heavy atom. The topological polar surface area (TPSA) is 142 Å². The summed E-state index contributed by atoms with van der Waals surface area (Å²) in [5.74, 6) is 0.751. The van der Waals surface area contributed by atoms with Crippen molar-refractivity contribution in [1.29, 1.82) is 0 Å². The van der Waals surface area contributed by atoms with E-state index in [1.165, 1.54) is 75.5 Å². The third-order valence-electron chi connectivity index (χ3n) is 11.7. The van der Waals surface area contributed by atoms with Crippen LogP contribution >= 0.6 is 47.0 Å². The minimum absolute atomic E-state index is 0.182. The Hall–Kier alpha value is -7.76. The van der Waals surface area contributed by atoms with E-state index in [1.807, 2.05) is 121 Å². The van der Waals surface area contributed by atoms with Crippen molar-refractivity contribution >= 4 is 70.9 Å². The monoisotopic (exact) mass is 1090 g/mol. The number of hydrogen-bond donors (Lipinski definition) is 0. The van der Waals surface area contributed by atoms with Crippen molar-refractivity contribution in [3.05, 3.63) is 214 Å². The van der Waals surface area contributed by atoms with Crippen LogP contribution in [0.4, 0.5) is 0 Å². The molecule has 76 heavy (non-hydrogen) atoms. The smallest absolute Gasteiger partial charge is 0.337 e. The van der Waals surface area contributed by atoms with Crippen LogP contribution in [0.5, 0.6) is 23.0 Å². The van der Waals surface area contributed by atoms with E-state index in [0.717, 1.165) is 61.4 Å². The van der Waals surface area contributed by atoms with Gasteiger partial charge in [-0.1, -0.05) is 120 Å². The third kappa shape index (κ3) is 12.8. The van der Waals surface area contributed by atoms with E-state index < -0.39 is 23.9 Å². The van der Waals surface area contributed by atoms with Crippen LogP contribution in [0.2, 0.25) is 0 Å². The van der Waals surface area contributed by atoms with E-state index in [9.17, 15) is 19.2 Å². The highest BCUT2D eigenvalue weighted by molar-refractivity contribution is 8.01. The molecular formula is C60H48O12S4. The summed E-state index contributed by atoms with van der Waals surface area (Å²) in [6.07, 6.45) is 0. The number of para-hydroxylation sites is 4. The number of rotatable bonds is 16. The van der Waals surface area contributed by atoms with Gasteiger partial charge in [0, 0.05) is 0 Å². The number of carbonyl (C=O) groups excluding carboxylic acids is 4. The minimum Gasteiger partial charge on any atom is -0.487 e. The van der Waals surface area contributed by atoms with Crippen molar-refractivity contribution < 1.29 is 57.1 Å². The van der Waals surface area contributed by atoms with Crippen LogP contribution in [0.15, 0.2) is 209 Å². The molecule has 16 heteroatoms. The van der Waals surface area contributed by atoms with Gasteiger partial charge in [-0.15, -0.1) is 0 Å². The predicted molar refractivity (Wildman–Crippen MR) is 291 cm³/mol. The maximum absolute atomic E-state index is 12.3. The molecule has 0 unspecified atom stereocenters. The van der Waals surface area contributed by atoms with Gasteiger partial charge in [-0.05, 0) is 119 Å². The van der Waals surface area contributed by atoms with Crippen molar-refractivity contribution in [2.24, 2.45) is 0 Å². The zero-order valence-corrected chi connectivity index (χ0v) is 44.8. The zero-order valence-electron chi connectivity index (χ0n) is 41.5. The Kier molecular flexibility index (Phi) is 17.6. The van der Waals surface area contributed by atoms with E-state index in [0.29, 0.717) is 45.3 Å². The SMILES string of the molecule is COC(=O)c1ccc(COc2c3cccc2Sc2cccc(c2OCc2ccc(C(=O)OC)cc2)Sc2cccc(c2OCc2ccc(C(=O)OC)cc2)Sc2cccc(c2OCc2ccc(C(=O)OC)cc2)S3)cc1. The van der Waals surface area contributed by atoms with Gasteiger partial charge < -0.3 is 37.9 Å². The molecule has 0 aromatic heterocycles. The lowest BCUT2D eigenvalue weighted by atomic mass is 10.1. The van der Waals surface area contributed by atoms with Gasteiger partial charge in [0.2, 0.25) is 0 Å². The second kappa shape index (κ2) is 25.2. The van der Waals surface area contributed by atoms with Crippen LogP contribution in [-0.4, -0.2) is 52.3 Å². The summed E-state index contributed by atoms with van der Waals surface area (Å²) < 4.78 is 47.2. The largest absolute Gasteiger partial charge is 0.487 e. The minimum atomic E-state index is -0.430.